The average Bonchev–Trinajstić information content (AvgIpc) is 2.98. The van der Waals surface area contributed by atoms with E-state index >= 15 is 0 Å². The lowest BCUT2D eigenvalue weighted by atomic mass is 10.1. The number of hydrogen-bond donors (Lipinski definition) is 2. The molecule has 0 bridgehead atoms. The molecule has 0 radical (unpaired) electrons. The van der Waals surface area contributed by atoms with E-state index in [4.69, 9.17) is 9.47 Å². The molecule has 1 saturated heterocycles. The largest absolute Gasteiger partial charge is 0.495 e. The summed E-state index contributed by atoms with van der Waals surface area (Å²) >= 11 is 0. The molecule has 0 unspecified atom stereocenters. The molecule has 1 aliphatic heterocycles. The maximum absolute atomic E-state index is 13.6. The number of ether oxygens (including phenoxy) is 2. The molecule has 0 atom stereocenters. The second-order valence-corrected chi connectivity index (χ2v) is 9.13. The number of methoxy groups -OCH3 is 2. The molecule has 0 aromatic heterocycles. The lowest BCUT2D eigenvalue weighted by molar-refractivity contribution is 0.0773. The molecule has 2 N–H and O–H groups in total. The van der Waals surface area contributed by atoms with Crippen LogP contribution >= 0.6 is 0 Å². The van der Waals surface area contributed by atoms with Gasteiger partial charge in [-0.1, -0.05) is 24.3 Å². The highest BCUT2D eigenvalue weighted by molar-refractivity contribution is 6.04. The molecule has 3 aromatic rings. The van der Waals surface area contributed by atoms with Crippen molar-refractivity contribution in [2.24, 2.45) is 0 Å². The first-order valence-electron chi connectivity index (χ1n) is 13.3. The Bertz CT molecular complexity index is 1290. The van der Waals surface area contributed by atoms with Crippen molar-refractivity contribution in [2.75, 3.05) is 73.9 Å². The van der Waals surface area contributed by atoms with Gasteiger partial charge in [0, 0.05) is 50.6 Å². The van der Waals surface area contributed by atoms with Gasteiger partial charge in [0.15, 0.2) is 0 Å². The molecule has 1 aliphatic rings. The van der Waals surface area contributed by atoms with Gasteiger partial charge in [-0.25, -0.2) is 4.79 Å². The number of anilines is 4. The van der Waals surface area contributed by atoms with Crippen LogP contribution in [0.1, 0.15) is 24.2 Å². The Morgan fingerprint density at radius 2 is 1.36 bits per heavy atom. The fourth-order valence-corrected chi connectivity index (χ4v) is 4.85. The van der Waals surface area contributed by atoms with Gasteiger partial charge in [0.05, 0.1) is 31.2 Å². The fraction of sp³-hybridized carbons (Fsp3) is 0.333. The number of rotatable bonds is 9. The van der Waals surface area contributed by atoms with Crippen LogP contribution in [-0.4, -0.2) is 70.3 Å². The van der Waals surface area contributed by atoms with Crippen LogP contribution in [0.2, 0.25) is 0 Å². The normalized spacial score (nSPS) is 13.0. The van der Waals surface area contributed by atoms with Crippen LogP contribution in [0, 0.1) is 0 Å². The second-order valence-electron chi connectivity index (χ2n) is 9.13. The maximum atomic E-state index is 13.6. The van der Waals surface area contributed by atoms with Gasteiger partial charge < -0.3 is 34.8 Å². The summed E-state index contributed by atoms with van der Waals surface area (Å²) in [6.07, 6.45) is 0. The molecule has 206 valence electrons. The average molecular weight is 532 g/mol. The number of piperazine rings is 1. The first-order valence-corrected chi connectivity index (χ1v) is 13.3. The van der Waals surface area contributed by atoms with Crippen LogP contribution in [0.3, 0.4) is 0 Å². The van der Waals surface area contributed by atoms with E-state index in [0.29, 0.717) is 35.8 Å². The number of hydrogen-bond acceptors (Lipinski definition) is 6. The van der Waals surface area contributed by atoms with Gasteiger partial charge in [-0.2, -0.15) is 0 Å². The van der Waals surface area contributed by atoms with E-state index in [1.807, 2.05) is 56.3 Å². The lowest BCUT2D eigenvalue weighted by Gasteiger charge is -2.38. The summed E-state index contributed by atoms with van der Waals surface area (Å²) in [4.78, 5) is 32.7. The predicted molar refractivity (Wildman–Crippen MR) is 157 cm³/mol. The molecule has 1 heterocycles. The summed E-state index contributed by atoms with van der Waals surface area (Å²) in [7, 11) is 3.24. The third-order valence-electron chi connectivity index (χ3n) is 6.94. The summed E-state index contributed by atoms with van der Waals surface area (Å²) in [5.74, 6) is 1.36. The minimum atomic E-state index is -0.418. The van der Waals surface area contributed by atoms with Crippen molar-refractivity contribution >= 4 is 34.7 Å². The van der Waals surface area contributed by atoms with Crippen LogP contribution in [0.4, 0.5) is 27.5 Å². The number of urea groups is 1. The Kier molecular flexibility index (Phi) is 9.14. The first kappa shape index (κ1) is 27.6. The Morgan fingerprint density at radius 3 is 2.00 bits per heavy atom. The molecule has 0 spiro atoms. The molecule has 39 heavy (non-hydrogen) atoms. The molecule has 3 aromatic carbocycles. The second kappa shape index (κ2) is 12.9. The minimum Gasteiger partial charge on any atom is -0.495 e. The Hall–Kier alpha value is -4.40. The zero-order valence-electron chi connectivity index (χ0n) is 23.1. The Labute approximate surface area is 230 Å². The van der Waals surface area contributed by atoms with E-state index in [9.17, 15) is 9.59 Å². The van der Waals surface area contributed by atoms with E-state index in [2.05, 4.69) is 26.5 Å². The van der Waals surface area contributed by atoms with Crippen molar-refractivity contribution in [3.63, 3.8) is 0 Å². The molecule has 0 saturated carbocycles. The zero-order valence-corrected chi connectivity index (χ0v) is 23.1. The standard InChI is InChI=1S/C30H37N5O4/c1-5-33(6-2)29(36)23-21-22(31-30(37)32-24-11-7-9-13-27(24)38-3)15-16-25(23)34-17-19-35(20-18-34)26-12-8-10-14-28(26)39-4/h7-16,21H,5-6,17-20H2,1-4H3,(H2,31,32,37). The molecule has 1 fully saturated rings. The van der Waals surface area contributed by atoms with Gasteiger partial charge in [-0.15, -0.1) is 0 Å². The number of amides is 3. The van der Waals surface area contributed by atoms with Crippen LogP contribution in [0.5, 0.6) is 11.5 Å². The van der Waals surface area contributed by atoms with E-state index in [0.717, 1.165) is 43.3 Å². The molecule has 9 nitrogen and oxygen atoms in total. The van der Waals surface area contributed by atoms with Crippen molar-refractivity contribution in [1.82, 2.24) is 4.90 Å². The Balaban J connectivity index is 1.54. The summed E-state index contributed by atoms with van der Waals surface area (Å²) in [6, 6.07) is 20.3. The maximum Gasteiger partial charge on any atom is 0.323 e. The molecular formula is C30H37N5O4. The van der Waals surface area contributed by atoms with Gasteiger partial charge in [-0.05, 0) is 56.3 Å². The van der Waals surface area contributed by atoms with Crippen LogP contribution in [0.25, 0.3) is 0 Å². The monoisotopic (exact) mass is 531 g/mol. The van der Waals surface area contributed by atoms with Crippen molar-refractivity contribution in [3.8, 4) is 11.5 Å². The van der Waals surface area contributed by atoms with Gasteiger partial charge in [0.25, 0.3) is 5.91 Å². The van der Waals surface area contributed by atoms with Gasteiger partial charge in [-0.3, -0.25) is 4.79 Å². The number of carbonyl (C=O) groups excluding carboxylic acids is 2. The number of para-hydroxylation sites is 4. The molecule has 9 heteroatoms. The summed E-state index contributed by atoms with van der Waals surface area (Å²) in [5.41, 5.74) is 3.59. The molecular weight excluding hydrogens is 494 g/mol. The lowest BCUT2D eigenvalue weighted by Crippen LogP contribution is -2.47. The smallest absolute Gasteiger partial charge is 0.323 e. The minimum absolute atomic E-state index is 0.0593. The van der Waals surface area contributed by atoms with Gasteiger partial charge in [0.2, 0.25) is 0 Å². The number of carbonyl (C=O) groups is 2. The SMILES string of the molecule is CCN(CC)C(=O)c1cc(NC(=O)Nc2ccccc2OC)ccc1N1CCN(c2ccccc2OC)CC1. The molecule has 4 rings (SSSR count). The quantitative estimate of drug-likeness (QED) is 0.397. The summed E-state index contributed by atoms with van der Waals surface area (Å²) in [6.45, 7) is 8.22. The van der Waals surface area contributed by atoms with Gasteiger partial charge in [0.1, 0.15) is 11.5 Å². The molecule has 3 amide bonds. The van der Waals surface area contributed by atoms with Crippen LogP contribution < -0.4 is 29.9 Å². The van der Waals surface area contributed by atoms with Crippen molar-refractivity contribution < 1.29 is 19.1 Å². The summed E-state index contributed by atoms with van der Waals surface area (Å²) < 4.78 is 10.9. The van der Waals surface area contributed by atoms with E-state index in [-0.39, 0.29) is 5.91 Å². The van der Waals surface area contributed by atoms with E-state index in [1.165, 1.54) is 0 Å². The first-order chi connectivity index (χ1) is 19.0. The fourth-order valence-electron chi connectivity index (χ4n) is 4.85. The summed E-state index contributed by atoms with van der Waals surface area (Å²) in [5, 5.41) is 5.68. The van der Waals surface area contributed by atoms with Gasteiger partial charge >= 0.3 is 6.03 Å². The topological polar surface area (TPSA) is 86.4 Å². The third-order valence-corrected chi connectivity index (χ3v) is 6.94. The van der Waals surface area contributed by atoms with Crippen molar-refractivity contribution in [2.45, 2.75) is 13.8 Å². The van der Waals surface area contributed by atoms with E-state index in [1.54, 1.807) is 37.3 Å². The number of nitrogens with zero attached hydrogens (tertiary/aromatic N) is 3. The highest BCUT2D eigenvalue weighted by Gasteiger charge is 2.25. The predicted octanol–water partition coefficient (Wildman–Crippen LogP) is 5.16. The number of benzene rings is 3. The third kappa shape index (κ3) is 6.37. The van der Waals surface area contributed by atoms with Crippen LogP contribution in [-0.2, 0) is 0 Å². The van der Waals surface area contributed by atoms with Crippen LogP contribution in [0.15, 0.2) is 66.7 Å². The highest BCUT2D eigenvalue weighted by atomic mass is 16.5. The van der Waals surface area contributed by atoms with Crippen molar-refractivity contribution in [1.29, 1.82) is 0 Å². The van der Waals surface area contributed by atoms with E-state index < -0.39 is 6.03 Å². The highest BCUT2D eigenvalue weighted by Crippen LogP contribution is 2.31. The zero-order chi connectivity index (χ0) is 27.8. The van der Waals surface area contributed by atoms with Crippen molar-refractivity contribution in [3.05, 3.63) is 72.3 Å². The number of nitrogens with one attached hydrogen (secondary N) is 2. The Morgan fingerprint density at radius 1 is 0.769 bits per heavy atom. The molecule has 0 aliphatic carbocycles.